The Morgan fingerprint density at radius 2 is 1.07 bits per heavy atom. The van der Waals surface area contributed by atoms with Gasteiger partial charge in [0.2, 0.25) is 0 Å². The first-order chi connectivity index (χ1) is 39.9. The molecule has 2 unspecified atom stereocenters. The van der Waals surface area contributed by atoms with Gasteiger partial charge in [-0.3, -0.25) is 0 Å². The first-order valence-electron chi connectivity index (χ1n) is 30.9. The van der Waals surface area contributed by atoms with Crippen molar-refractivity contribution in [3.63, 3.8) is 0 Å². The van der Waals surface area contributed by atoms with Crippen LogP contribution in [-0.2, 0) is 27.1 Å². The van der Waals surface area contributed by atoms with Crippen LogP contribution in [0.25, 0.3) is 53.2 Å². The fourth-order valence-corrected chi connectivity index (χ4v) is 16.6. The molecule has 1 fully saturated rings. The van der Waals surface area contributed by atoms with Gasteiger partial charge in [-0.15, -0.1) is 11.3 Å². The molecule has 3 aliphatic heterocycles. The van der Waals surface area contributed by atoms with Gasteiger partial charge >= 0.3 is 0 Å². The van der Waals surface area contributed by atoms with Crippen molar-refractivity contribution in [1.82, 2.24) is 0 Å². The van der Waals surface area contributed by atoms with Crippen molar-refractivity contribution in [2.75, 3.05) is 14.7 Å². The highest BCUT2D eigenvalue weighted by Gasteiger charge is 2.58. The third-order valence-corrected chi connectivity index (χ3v) is 21.6. The van der Waals surface area contributed by atoms with Crippen molar-refractivity contribution < 1.29 is 4.42 Å². The number of thiophene rings is 1. The second-order valence-electron chi connectivity index (χ2n) is 29.7. The number of anilines is 8. The largest absolute Gasteiger partial charge is 0.454 e. The molecule has 5 heterocycles. The number of fused-ring (bicyclic) bond motifs is 14. The lowest BCUT2D eigenvalue weighted by atomic mass is 9.33. The van der Waals surface area contributed by atoms with Gasteiger partial charge in [-0.1, -0.05) is 206 Å². The molecule has 2 atom stereocenters. The van der Waals surface area contributed by atoms with E-state index >= 15 is 0 Å². The minimum atomic E-state index is -0.217. The second-order valence-corrected chi connectivity index (χ2v) is 30.8. The SMILES string of the molecule is CC(C)(C)c1ccc2c(c1)B1c3ccc4c(oc5ccc(C(C)(C)C)cc54)c3N(c3ccc(C(C)(C)C)cc3-c3ccccc3)c3cc(N4c5ccc(C(C)(C)C)cc5C5(C)CCCCC45C)cc(c31)N2c1cccc2sc3ccccc3c12. The van der Waals surface area contributed by atoms with E-state index in [0.29, 0.717) is 0 Å². The lowest BCUT2D eigenvalue weighted by Gasteiger charge is -2.51. The third kappa shape index (κ3) is 7.70. The number of benzene rings is 9. The lowest BCUT2D eigenvalue weighted by Crippen LogP contribution is -2.61. The van der Waals surface area contributed by atoms with E-state index in [1.165, 1.54) is 122 Å². The summed E-state index contributed by atoms with van der Waals surface area (Å²) in [5, 5.41) is 4.88. The summed E-state index contributed by atoms with van der Waals surface area (Å²) in [7, 11) is 0. The molecule has 9 aromatic carbocycles. The molecule has 1 aliphatic carbocycles. The average molecular weight is 1120 g/mol. The van der Waals surface area contributed by atoms with Crippen molar-refractivity contribution in [1.29, 1.82) is 0 Å². The van der Waals surface area contributed by atoms with E-state index in [-0.39, 0.29) is 39.3 Å². The zero-order valence-corrected chi connectivity index (χ0v) is 52.5. The maximum Gasteiger partial charge on any atom is 0.252 e. The molecule has 420 valence electrons. The maximum absolute atomic E-state index is 7.54. The monoisotopic (exact) mass is 1120 g/mol. The molecule has 15 rings (SSSR count). The number of furan rings is 1. The molecule has 4 nitrogen and oxygen atoms in total. The molecular formula is C78H78BN3OS. The Morgan fingerprint density at radius 1 is 0.464 bits per heavy atom. The van der Waals surface area contributed by atoms with E-state index in [4.69, 9.17) is 4.42 Å². The molecule has 2 aromatic heterocycles. The Labute approximate surface area is 502 Å². The summed E-state index contributed by atoms with van der Waals surface area (Å²) in [5.41, 5.74) is 23.9. The predicted molar refractivity (Wildman–Crippen MR) is 364 cm³/mol. The van der Waals surface area contributed by atoms with Gasteiger partial charge in [0.25, 0.3) is 6.71 Å². The van der Waals surface area contributed by atoms with Gasteiger partial charge in [-0.2, -0.15) is 0 Å². The van der Waals surface area contributed by atoms with Crippen molar-refractivity contribution >= 4 is 122 Å². The smallest absolute Gasteiger partial charge is 0.252 e. The lowest BCUT2D eigenvalue weighted by molar-refractivity contribution is 0.195. The van der Waals surface area contributed by atoms with Crippen molar-refractivity contribution in [2.45, 2.75) is 155 Å². The standard InChI is InChI=1S/C78H78BN3OS/c1-73(2,3)48-29-35-60(55(41-48)47-23-16-15-17-24-47)81-65-46-52(82-61-36-30-50(75(7,8)9)43-57(61)77(13)39-20-21-40-78(77,82)14)45-64-70(65)79(58-34-33-53-56-42-49(74(4,5)6)32-38-66(56)83-72(53)71(58)81)59-44-51(76(10,11)12)31-37-62(59)80(64)63-26-22-28-68-69(63)54-25-18-19-27-67(54)84-68/h15-19,22-38,41-46H,20-21,39-40H2,1-14H3. The van der Waals surface area contributed by atoms with Gasteiger partial charge in [-0.25, -0.2) is 0 Å². The van der Waals surface area contributed by atoms with Crippen LogP contribution in [0, 0.1) is 0 Å². The molecule has 0 amide bonds. The van der Waals surface area contributed by atoms with E-state index in [2.05, 4.69) is 281 Å². The second kappa shape index (κ2) is 18.0. The molecule has 0 saturated heterocycles. The molecule has 0 bridgehead atoms. The van der Waals surface area contributed by atoms with E-state index in [1.54, 1.807) is 0 Å². The van der Waals surface area contributed by atoms with Crippen LogP contribution in [-0.4, -0.2) is 12.3 Å². The number of nitrogens with zero attached hydrogens (tertiary/aromatic N) is 3. The highest BCUT2D eigenvalue weighted by atomic mass is 32.1. The zero-order valence-electron chi connectivity index (χ0n) is 51.7. The molecular weight excluding hydrogens is 1040 g/mol. The van der Waals surface area contributed by atoms with Gasteiger partial charge in [0.1, 0.15) is 5.58 Å². The summed E-state index contributed by atoms with van der Waals surface area (Å²) in [5.74, 6) is 0. The van der Waals surface area contributed by atoms with Gasteiger partial charge < -0.3 is 19.1 Å². The summed E-state index contributed by atoms with van der Waals surface area (Å²) in [6, 6.07) is 66.5. The summed E-state index contributed by atoms with van der Waals surface area (Å²) >= 11 is 1.90. The first-order valence-corrected chi connectivity index (χ1v) is 31.7. The van der Waals surface area contributed by atoms with Crippen LogP contribution in [0.15, 0.2) is 174 Å². The van der Waals surface area contributed by atoms with Crippen LogP contribution in [0.1, 0.15) is 150 Å². The minimum absolute atomic E-state index is 0.00562. The van der Waals surface area contributed by atoms with E-state index in [0.717, 1.165) is 46.2 Å². The number of rotatable bonds is 4. The van der Waals surface area contributed by atoms with Crippen LogP contribution >= 0.6 is 11.3 Å². The normalized spacial score (nSPS) is 18.6. The summed E-state index contributed by atoms with van der Waals surface area (Å²) in [6.45, 7) is 33.2. The van der Waals surface area contributed by atoms with Gasteiger partial charge in [0.05, 0.1) is 22.6 Å². The fourth-order valence-electron chi connectivity index (χ4n) is 15.5. The van der Waals surface area contributed by atoms with Crippen LogP contribution in [0.4, 0.5) is 45.5 Å². The fraction of sp³-hybridized carbons (Fsp3) is 0.308. The molecule has 0 radical (unpaired) electrons. The van der Waals surface area contributed by atoms with E-state index in [9.17, 15) is 0 Å². The Balaban J connectivity index is 1.14. The summed E-state index contributed by atoms with van der Waals surface area (Å²) < 4.78 is 10.1. The van der Waals surface area contributed by atoms with Crippen LogP contribution < -0.4 is 31.1 Å². The quantitative estimate of drug-likeness (QED) is 0.164. The molecule has 6 heteroatoms. The number of hydrogen-bond donors (Lipinski definition) is 0. The first kappa shape index (κ1) is 53.2. The molecule has 11 aromatic rings. The molecule has 84 heavy (non-hydrogen) atoms. The predicted octanol–water partition coefficient (Wildman–Crippen LogP) is 20.6. The summed E-state index contributed by atoms with van der Waals surface area (Å²) in [4.78, 5) is 8.21. The Kier molecular flexibility index (Phi) is 11.4. The molecule has 1 saturated carbocycles. The molecule has 4 aliphatic rings. The maximum atomic E-state index is 7.54. The third-order valence-electron chi connectivity index (χ3n) is 20.4. The Hall–Kier alpha value is -7.54. The van der Waals surface area contributed by atoms with Crippen molar-refractivity contribution in [3.8, 4) is 11.1 Å². The van der Waals surface area contributed by atoms with Crippen LogP contribution in [0.5, 0.6) is 0 Å². The van der Waals surface area contributed by atoms with Crippen LogP contribution in [0.3, 0.4) is 0 Å². The molecule has 0 spiro atoms. The topological polar surface area (TPSA) is 22.9 Å². The van der Waals surface area contributed by atoms with Gasteiger partial charge in [0.15, 0.2) is 5.58 Å². The van der Waals surface area contributed by atoms with Crippen molar-refractivity contribution in [2.24, 2.45) is 0 Å². The number of hydrogen-bond acceptors (Lipinski definition) is 5. The highest BCUT2D eigenvalue weighted by molar-refractivity contribution is 7.26. The minimum Gasteiger partial charge on any atom is -0.454 e. The van der Waals surface area contributed by atoms with E-state index in [1.807, 2.05) is 11.3 Å². The Bertz CT molecular complexity index is 4550. The van der Waals surface area contributed by atoms with Crippen LogP contribution in [0.2, 0.25) is 0 Å². The molecule has 0 N–H and O–H groups in total. The zero-order chi connectivity index (χ0) is 58.4. The average Bonchev–Trinajstić information content (AvgIpc) is 1.27. The summed E-state index contributed by atoms with van der Waals surface area (Å²) in [6.07, 6.45) is 4.64. The van der Waals surface area contributed by atoms with Gasteiger partial charge in [-0.05, 0) is 158 Å². The highest BCUT2D eigenvalue weighted by Crippen LogP contribution is 2.63. The van der Waals surface area contributed by atoms with Gasteiger partial charge in [0, 0.05) is 70.4 Å². The van der Waals surface area contributed by atoms with Crippen molar-refractivity contribution in [3.05, 3.63) is 198 Å². The van der Waals surface area contributed by atoms with E-state index < -0.39 is 0 Å². The Morgan fingerprint density at radius 3 is 1.80 bits per heavy atom.